The quantitative estimate of drug-likeness (QED) is 0.862. The maximum Gasteiger partial charge on any atom is 0.407 e. The van der Waals surface area contributed by atoms with Crippen molar-refractivity contribution in [2.24, 2.45) is 0 Å². The summed E-state index contributed by atoms with van der Waals surface area (Å²) >= 11 is 5.99. The van der Waals surface area contributed by atoms with Gasteiger partial charge in [0.15, 0.2) is 0 Å². The van der Waals surface area contributed by atoms with Crippen LogP contribution in [0.15, 0.2) is 11.0 Å². The van der Waals surface area contributed by atoms with Gasteiger partial charge < -0.3 is 15.0 Å². The highest BCUT2D eigenvalue weighted by molar-refractivity contribution is 6.33. The van der Waals surface area contributed by atoms with Gasteiger partial charge in [0.25, 0.3) is 5.56 Å². The fourth-order valence-electron chi connectivity index (χ4n) is 2.48. The van der Waals surface area contributed by atoms with Crippen molar-refractivity contribution in [3.63, 3.8) is 0 Å². The molecule has 1 aliphatic heterocycles. The first-order valence-electron chi connectivity index (χ1n) is 7.50. The molecule has 1 aliphatic rings. The molecule has 2 heterocycles. The molecule has 2 rings (SSSR count). The Balaban J connectivity index is 1.91. The van der Waals surface area contributed by atoms with Gasteiger partial charge in [-0.15, -0.1) is 0 Å². The maximum absolute atomic E-state index is 11.8. The molecule has 1 fully saturated rings. The topological polar surface area (TPSA) is 87.3 Å². The molecule has 1 aromatic rings. The second-order valence-corrected chi connectivity index (χ2v) is 5.70. The van der Waals surface area contributed by atoms with Crippen LogP contribution < -0.4 is 15.8 Å². The molecule has 0 aliphatic carbocycles. The van der Waals surface area contributed by atoms with Crippen molar-refractivity contribution in [2.45, 2.75) is 45.3 Å². The number of amides is 1. The summed E-state index contributed by atoms with van der Waals surface area (Å²) in [6.07, 6.45) is 3.34. The van der Waals surface area contributed by atoms with Gasteiger partial charge in [-0.05, 0) is 12.8 Å². The van der Waals surface area contributed by atoms with Gasteiger partial charge in [-0.2, -0.15) is 5.10 Å². The van der Waals surface area contributed by atoms with E-state index in [1.807, 2.05) is 18.7 Å². The fourth-order valence-corrected chi connectivity index (χ4v) is 2.69. The van der Waals surface area contributed by atoms with E-state index in [9.17, 15) is 9.59 Å². The third-order valence-corrected chi connectivity index (χ3v) is 4.21. The minimum Gasteiger partial charge on any atom is -0.444 e. The molecule has 1 unspecified atom stereocenters. The number of carbonyl (C=O) groups is 1. The molecule has 0 radical (unpaired) electrons. The summed E-state index contributed by atoms with van der Waals surface area (Å²) in [5, 5.41) is 8.99. The van der Waals surface area contributed by atoms with Gasteiger partial charge in [0, 0.05) is 19.0 Å². The highest BCUT2D eigenvalue weighted by atomic mass is 35.5. The molecular formula is C14H21ClN4O3. The summed E-state index contributed by atoms with van der Waals surface area (Å²) in [5.74, 6) is 0. The first-order valence-corrected chi connectivity index (χ1v) is 7.88. The fraction of sp³-hybridized carbons (Fsp3) is 0.643. The van der Waals surface area contributed by atoms with Crippen LogP contribution in [-0.2, 0) is 4.74 Å². The predicted octanol–water partition coefficient (Wildman–Crippen LogP) is 1.92. The SMILES string of the molecule is CCC(CC)NC(=O)OC1CCN(c2cn[nH]c(=O)c2Cl)C1. The predicted molar refractivity (Wildman–Crippen MR) is 84.5 cm³/mol. The van der Waals surface area contributed by atoms with Crippen molar-refractivity contribution in [3.8, 4) is 0 Å². The van der Waals surface area contributed by atoms with E-state index in [4.69, 9.17) is 16.3 Å². The van der Waals surface area contributed by atoms with Crippen LogP contribution in [0.4, 0.5) is 10.5 Å². The number of hydrogen-bond acceptors (Lipinski definition) is 5. The zero-order valence-corrected chi connectivity index (χ0v) is 13.5. The number of nitrogens with zero attached hydrogens (tertiary/aromatic N) is 2. The van der Waals surface area contributed by atoms with Crippen molar-refractivity contribution in [2.75, 3.05) is 18.0 Å². The van der Waals surface area contributed by atoms with Gasteiger partial charge in [0.1, 0.15) is 11.1 Å². The number of H-pyrrole nitrogens is 1. The van der Waals surface area contributed by atoms with E-state index in [-0.39, 0.29) is 17.2 Å². The summed E-state index contributed by atoms with van der Waals surface area (Å²) < 4.78 is 5.43. The number of nitrogens with one attached hydrogen (secondary N) is 2. The van der Waals surface area contributed by atoms with Gasteiger partial charge in [-0.25, -0.2) is 9.89 Å². The number of hydrogen-bond donors (Lipinski definition) is 2. The summed E-state index contributed by atoms with van der Waals surface area (Å²) in [5.41, 5.74) is 0.145. The van der Waals surface area contributed by atoms with E-state index in [1.165, 1.54) is 6.20 Å². The van der Waals surface area contributed by atoms with Crippen LogP contribution >= 0.6 is 11.6 Å². The van der Waals surface area contributed by atoms with Crippen molar-refractivity contribution in [3.05, 3.63) is 21.6 Å². The third kappa shape index (κ3) is 3.91. The average Bonchev–Trinajstić information content (AvgIpc) is 2.95. The lowest BCUT2D eigenvalue weighted by atomic mass is 10.2. The Morgan fingerprint density at radius 2 is 2.32 bits per heavy atom. The first-order chi connectivity index (χ1) is 10.5. The molecule has 22 heavy (non-hydrogen) atoms. The number of rotatable bonds is 5. The molecule has 0 saturated carbocycles. The van der Waals surface area contributed by atoms with Gasteiger partial charge in [0.05, 0.1) is 18.4 Å². The minimum absolute atomic E-state index is 0.108. The second kappa shape index (κ2) is 7.49. The number of aromatic nitrogens is 2. The summed E-state index contributed by atoms with van der Waals surface area (Å²) in [6.45, 7) is 5.20. The molecule has 0 spiro atoms. The summed E-state index contributed by atoms with van der Waals surface area (Å²) in [4.78, 5) is 25.2. The van der Waals surface area contributed by atoms with Gasteiger partial charge in [-0.3, -0.25) is 4.79 Å². The van der Waals surface area contributed by atoms with Crippen LogP contribution in [0.25, 0.3) is 0 Å². The Labute approximate surface area is 134 Å². The maximum atomic E-state index is 11.8. The number of halogens is 1. The highest BCUT2D eigenvalue weighted by Crippen LogP contribution is 2.25. The number of alkyl carbamates (subject to hydrolysis) is 1. The smallest absolute Gasteiger partial charge is 0.407 e. The molecule has 122 valence electrons. The normalized spacial score (nSPS) is 17.8. The number of carbonyl (C=O) groups excluding carboxylic acids is 1. The van der Waals surface area contributed by atoms with Gasteiger partial charge >= 0.3 is 6.09 Å². The molecule has 2 N–H and O–H groups in total. The number of aromatic amines is 1. The van der Waals surface area contributed by atoms with Crippen LogP contribution in [-0.4, -0.2) is 41.5 Å². The van der Waals surface area contributed by atoms with E-state index < -0.39 is 11.7 Å². The van der Waals surface area contributed by atoms with Crippen LogP contribution in [0.1, 0.15) is 33.1 Å². The van der Waals surface area contributed by atoms with Crippen LogP contribution in [0.2, 0.25) is 5.02 Å². The molecule has 8 heteroatoms. The zero-order valence-electron chi connectivity index (χ0n) is 12.8. The molecular weight excluding hydrogens is 308 g/mol. The monoisotopic (exact) mass is 328 g/mol. The number of ether oxygens (including phenoxy) is 1. The zero-order chi connectivity index (χ0) is 16.1. The molecule has 0 bridgehead atoms. The number of anilines is 1. The largest absolute Gasteiger partial charge is 0.444 e. The van der Waals surface area contributed by atoms with E-state index >= 15 is 0 Å². The van der Waals surface area contributed by atoms with Crippen molar-refractivity contribution >= 4 is 23.4 Å². The highest BCUT2D eigenvalue weighted by Gasteiger charge is 2.28. The van der Waals surface area contributed by atoms with Crippen molar-refractivity contribution in [1.82, 2.24) is 15.5 Å². The molecule has 1 atom stereocenters. The minimum atomic E-state index is -0.421. The van der Waals surface area contributed by atoms with E-state index in [2.05, 4.69) is 15.5 Å². The van der Waals surface area contributed by atoms with E-state index in [0.29, 0.717) is 25.2 Å². The summed E-state index contributed by atoms with van der Waals surface area (Å²) in [6, 6.07) is 0.135. The standard InChI is InChI=1S/C14H21ClN4O3/c1-3-9(4-2)17-14(21)22-10-5-6-19(8-10)11-7-16-18-13(20)12(11)15/h7,9-10H,3-6,8H2,1-2H3,(H,17,21)(H,18,20). The lowest BCUT2D eigenvalue weighted by molar-refractivity contribution is 0.104. The Bertz CT molecular complexity index is 573. The Morgan fingerprint density at radius 1 is 1.59 bits per heavy atom. The molecule has 1 saturated heterocycles. The molecule has 1 amide bonds. The van der Waals surface area contributed by atoms with Crippen LogP contribution in [0.3, 0.4) is 0 Å². The lowest BCUT2D eigenvalue weighted by Gasteiger charge is -2.20. The molecule has 1 aromatic heterocycles. The Morgan fingerprint density at radius 3 is 3.00 bits per heavy atom. The van der Waals surface area contributed by atoms with E-state index in [0.717, 1.165) is 12.8 Å². The molecule has 7 nitrogen and oxygen atoms in total. The van der Waals surface area contributed by atoms with Crippen LogP contribution in [0.5, 0.6) is 0 Å². The van der Waals surface area contributed by atoms with Gasteiger partial charge in [0.2, 0.25) is 0 Å². The second-order valence-electron chi connectivity index (χ2n) is 5.32. The molecule has 0 aromatic carbocycles. The van der Waals surface area contributed by atoms with Crippen molar-refractivity contribution < 1.29 is 9.53 Å². The lowest BCUT2D eigenvalue weighted by Crippen LogP contribution is -2.37. The Kier molecular flexibility index (Phi) is 5.65. The van der Waals surface area contributed by atoms with E-state index in [1.54, 1.807) is 0 Å². The van der Waals surface area contributed by atoms with Gasteiger partial charge in [-0.1, -0.05) is 25.4 Å². The average molecular weight is 329 g/mol. The van der Waals surface area contributed by atoms with Crippen LogP contribution in [0, 0.1) is 0 Å². The Hall–Kier alpha value is -1.76. The third-order valence-electron chi connectivity index (χ3n) is 3.84. The summed E-state index contributed by atoms with van der Waals surface area (Å²) in [7, 11) is 0. The van der Waals surface area contributed by atoms with Crippen molar-refractivity contribution in [1.29, 1.82) is 0 Å². The first kappa shape index (κ1) is 16.6.